The van der Waals surface area contributed by atoms with Crippen LogP contribution in [-0.4, -0.2) is 4.57 Å². The minimum Gasteiger partial charge on any atom is -0.356 e. The summed E-state index contributed by atoms with van der Waals surface area (Å²) in [5, 5.41) is 8.45. The van der Waals surface area contributed by atoms with Gasteiger partial charge in [-0.3, -0.25) is 0 Å². The lowest BCUT2D eigenvalue weighted by Crippen LogP contribution is -2.09. The van der Waals surface area contributed by atoms with Crippen molar-refractivity contribution in [2.45, 2.75) is 0 Å². The molecule has 55 heavy (non-hydrogen) atoms. The van der Waals surface area contributed by atoms with E-state index in [4.69, 9.17) is 0 Å². The number of rotatable bonds is 8. The summed E-state index contributed by atoms with van der Waals surface area (Å²) < 4.78 is 2.41. The van der Waals surface area contributed by atoms with E-state index in [2.05, 4.69) is 215 Å². The molecular formula is C52H37N3. The summed E-state index contributed by atoms with van der Waals surface area (Å²) >= 11 is 0. The highest BCUT2D eigenvalue weighted by atomic mass is 15.1. The van der Waals surface area contributed by atoms with Crippen molar-refractivity contribution in [3.8, 4) is 27.9 Å². The molecule has 0 atom stereocenters. The maximum absolute atomic E-state index is 3.49. The van der Waals surface area contributed by atoms with Gasteiger partial charge in [-0.1, -0.05) is 133 Å². The Hall–Kier alpha value is -7.36. The Morgan fingerprint density at radius 2 is 0.855 bits per heavy atom. The Morgan fingerprint density at radius 3 is 1.56 bits per heavy atom. The molecule has 1 aromatic heterocycles. The zero-order valence-corrected chi connectivity index (χ0v) is 30.2. The molecular weight excluding hydrogens is 667 g/mol. The molecule has 0 saturated heterocycles. The van der Waals surface area contributed by atoms with Crippen molar-refractivity contribution in [2.75, 3.05) is 10.2 Å². The van der Waals surface area contributed by atoms with Gasteiger partial charge in [-0.25, -0.2) is 0 Å². The van der Waals surface area contributed by atoms with Crippen molar-refractivity contribution in [3.05, 3.63) is 218 Å². The van der Waals surface area contributed by atoms with Gasteiger partial charge in [-0.2, -0.15) is 0 Å². The summed E-state index contributed by atoms with van der Waals surface area (Å²) in [4.78, 5) is 2.36. The van der Waals surface area contributed by atoms with Gasteiger partial charge in [0.2, 0.25) is 0 Å². The lowest BCUT2D eigenvalue weighted by molar-refractivity contribution is 1.18. The van der Waals surface area contributed by atoms with Crippen LogP contribution in [0.15, 0.2) is 218 Å². The molecule has 260 valence electrons. The predicted molar refractivity (Wildman–Crippen MR) is 234 cm³/mol. The van der Waals surface area contributed by atoms with E-state index < -0.39 is 0 Å². The third-order valence-electron chi connectivity index (χ3n) is 10.5. The average molecular weight is 704 g/mol. The van der Waals surface area contributed by atoms with Crippen LogP contribution in [0.4, 0.5) is 28.4 Å². The van der Waals surface area contributed by atoms with Crippen molar-refractivity contribution < 1.29 is 0 Å². The minimum absolute atomic E-state index is 1.07. The molecule has 0 saturated carbocycles. The Kier molecular flexibility index (Phi) is 8.16. The van der Waals surface area contributed by atoms with Crippen molar-refractivity contribution in [2.24, 2.45) is 0 Å². The van der Waals surface area contributed by atoms with Crippen LogP contribution < -0.4 is 10.2 Å². The molecule has 0 aliphatic carbocycles. The number of nitrogens with one attached hydrogen (secondary N) is 1. The van der Waals surface area contributed by atoms with E-state index >= 15 is 0 Å². The summed E-state index contributed by atoms with van der Waals surface area (Å²) in [6.45, 7) is 0. The number of hydrogen-bond acceptors (Lipinski definition) is 2. The highest BCUT2D eigenvalue weighted by molar-refractivity contribution is 6.22. The van der Waals surface area contributed by atoms with Gasteiger partial charge in [-0.05, 0) is 118 Å². The first kappa shape index (κ1) is 32.3. The summed E-state index contributed by atoms with van der Waals surface area (Å²) in [7, 11) is 0. The van der Waals surface area contributed by atoms with Crippen LogP contribution in [0, 0.1) is 0 Å². The van der Waals surface area contributed by atoms with E-state index in [0.29, 0.717) is 0 Å². The second-order valence-electron chi connectivity index (χ2n) is 13.9. The SMILES string of the molecule is c1ccc(Nc2ccc(-c3ccc(N(c4ccccc4)c4ccc5c(c4)c4c6ccccc6ccc4n5-c4ccc(-c5ccccc5)cc4)cc3)cc2)cc1. The number of para-hydroxylation sites is 2. The van der Waals surface area contributed by atoms with Crippen molar-refractivity contribution >= 4 is 61.0 Å². The minimum atomic E-state index is 1.07. The summed E-state index contributed by atoms with van der Waals surface area (Å²) in [5.41, 5.74) is 13.7. The second-order valence-corrected chi connectivity index (χ2v) is 13.9. The molecule has 0 spiro atoms. The molecule has 0 bridgehead atoms. The fourth-order valence-electron chi connectivity index (χ4n) is 7.89. The lowest BCUT2D eigenvalue weighted by Gasteiger charge is -2.26. The van der Waals surface area contributed by atoms with Gasteiger partial charge >= 0.3 is 0 Å². The van der Waals surface area contributed by atoms with Crippen molar-refractivity contribution in [1.29, 1.82) is 0 Å². The largest absolute Gasteiger partial charge is 0.356 e. The number of nitrogens with zero attached hydrogens (tertiary/aromatic N) is 2. The monoisotopic (exact) mass is 703 g/mol. The average Bonchev–Trinajstić information content (AvgIpc) is 3.60. The normalized spacial score (nSPS) is 11.3. The van der Waals surface area contributed by atoms with Gasteiger partial charge in [0, 0.05) is 44.9 Å². The molecule has 0 radical (unpaired) electrons. The van der Waals surface area contributed by atoms with Crippen LogP contribution in [0.3, 0.4) is 0 Å². The Bertz CT molecular complexity index is 2900. The van der Waals surface area contributed by atoms with Crippen LogP contribution in [0.1, 0.15) is 0 Å². The van der Waals surface area contributed by atoms with E-state index in [0.717, 1.165) is 34.1 Å². The summed E-state index contributed by atoms with van der Waals surface area (Å²) in [6, 6.07) is 78.2. The Balaban J connectivity index is 1.07. The first-order chi connectivity index (χ1) is 27.3. The maximum Gasteiger partial charge on any atom is 0.0547 e. The highest BCUT2D eigenvalue weighted by Crippen LogP contribution is 2.42. The number of aromatic nitrogens is 1. The van der Waals surface area contributed by atoms with E-state index in [1.807, 2.05) is 18.2 Å². The van der Waals surface area contributed by atoms with Gasteiger partial charge < -0.3 is 14.8 Å². The highest BCUT2D eigenvalue weighted by Gasteiger charge is 2.19. The van der Waals surface area contributed by atoms with Gasteiger partial charge in [-0.15, -0.1) is 0 Å². The molecule has 0 aliphatic rings. The standard InChI is InChI=1S/C52H37N3/c1-4-12-37(13-5-1)39-24-31-46(32-25-39)55-50-35-33-47(36-49(50)52-48-19-11-10-14-41(48)26-34-51(52)55)54(44-17-8-3-9-18-44)45-29-22-40(23-30-45)38-20-27-43(28-21-38)53-42-15-6-2-7-16-42/h1-36,53H. The zero-order chi connectivity index (χ0) is 36.6. The number of fused-ring (bicyclic) bond motifs is 5. The van der Waals surface area contributed by atoms with Gasteiger partial charge in [0.15, 0.2) is 0 Å². The second kappa shape index (κ2) is 13.9. The van der Waals surface area contributed by atoms with Gasteiger partial charge in [0.25, 0.3) is 0 Å². The van der Waals surface area contributed by atoms with Gasteiger partial charge in [0.1, 0.15) is 0 Å². The topological polar surface area (TPSA) is 20.2 Å². The quantitative estimate of drug-likeness (QED) is 0.170. The van der Waals surface area contributed by atoms with Crippen LogP contribution in [0.5, 0.6) is 0 Å². The molecule has 0 unspecified atom stereocenters. The molecule has 1 heterocycles. The maximum atomic E-state index is 3.49. The van der Waals surface area contributed by atoms with Crippen LogP contribution >= 0.6 is 0 Å². The number of hydrogen-bond donors (Lipinski definition) is 1. The number of benzene rings is 9. The Morgan fingerprint density at radius 1 is 0.345 bits per heavy atom. The zero-order valence-electron chi connectivity index (χ0n) is 30.2. The molecule has 0 aliphatic heterocycles. The smallest absolute Gasteiger partial charge is 0.0547 e. The third kappa shape index (κ3) is 6.08. The molecule has 10 aromatic rings. The molecule has 9 aromatic carbocycles. The fourth-order valence-corrected chi connectivity index (χ4v) is 7.89. The van der Waals surface area contributed by atoms with E-state index in [-0.39, 0.29) is 0 Å². The first-order valence-corrected chi connectivity index (χ1v) is 18.8. The third-order valence-corrected chi connectivity index (χ3v) is 10.5. The van der Waals surface area contributed by atoms with E-state index in [9.17, 15) is 0 Å². The van der Waals surface area contributed by atoms with Crippen molar-refractivity contribution in [1.82, 2.24) is 4.57 Å². The van der Waals surface area contributed by atoms with Crippen LogP contribution in [0.25, 0.3) is 60.5 Å². The lowest BCUT2D eigenvalue weighted by atomic mass is 10.0. The summed E-state index contributed by atoms with van der Waals surface area (Å²) in [6.07, 6.45) is 0. The van der Waals surface area contributed by atoms with Crippen LogP contribution in [-0.2, 0) is 0 Å². The Labute approximate surface area is 321 Å². The molecule has 3 nitrogen and oxygen atoms in total. The molecule has 0 fully saturated rings. The first-order valence-electron chi connectivity index (χ1n) is 18.8. The molecule has 1 N–H and O–H groups in total. The molecule has 3 heteroatoms. The number of anilines is 5. The van der Waals surface area contributed by atoms with Crippen molar-refractivity contribution in [3.63, 3.8) is 0 Å². The molecule has 0 amide bonds. The summed E-state index contributed by atoms with van der Waals surface area (Å²) in [5.74, 6) is 0. The van der Waals surface area contributed by atoms with Gasteiger partial charge in [0.05, 0.1) is 11.0 Å². The fraction of sp³-hybridized carbons (Fsp3) is 0. The van der Waals surface area contributed by atoms with E-state index in [1.54, 1.807) is 0 Å². The predicted octanol–water partition coefficient (Wildman–Crippen LogP) is 14.5. The van der Waals surface area contributed by atoms with E-state index in [1.165, 1.54) is 54.8 Å². The van der Waals surface area contributed by atoms with Crippen LogP contribution in [0.2, 0.25) is 0 Å². The molecule has 10 rings (SSSR count).